The fraction of sp³-hybridized carbons (Fsp3) is 0.189. The summed E-state index contributed by atoms with van der Waals surface area (Å²) in [5, 5.41) is 2.59. The zero-order valence-corrected chi connectivity index (χ0v) is 23.0. The van der Waals surface area contributed by atoms with Crippen LogP contribution in [-0.4, -0.2) is 17.2 Å². The third kappa shape index (κ3) is 3.34. The van der Waals surface area contributed by atoms with Gasteiger partial charge >= 0.3 is 0 Å². The van der Waals surface area contributed by atoms with Crippen LogP contribution in [0, 0.1) is 0 Å². The van der Waals surface area contributed by atoms with Crippen LogP contribution in [0.25, 0.3) is 27.5 Å². The van der Waals surface area contributed by atoms with Crippen LogP contribution in [0.15, 0.2) is 109 Å². The van der Waals surface area contributed by atoms with Crippen LogP contribution < -0.4 is 15.5 Å². The SMILES string of the molecule is Nc1ccc2c(c1)C1CCCC1N2c1ccc2c(c1)CCN2c1ccc2c(c1)c1ccccc1n2-c1ccccc1. The van der Waals surface area contributed by atoms with Gasteiger partial charge in [0.05, 0.1) is 11.0 Å². The van der Waals surface area contributed by atoms with E-state index in [1.807, 2.05) is 0 Å². The summed E-state index contributed by atoms with van der Waals surface area (Å²) in [5.74, 6) is 0.600. The van der Waals surface area contributed by atoms with Gasteiger partial charge in [-0.25, -0.2) is 0 Å². The number of nitrogens with zero attached hydrogens (tertiary/aromatic N) is 3. The van der Waals surface area contributed by atoms with Gasteiger partial charge in [-0.1, -0.05) is 42.8 Å². The lowest BCUT2D eigenvalue weighted by atomic mass is 9.97. The van der Waals surface area contributed by atoms with Crippen LogP contribution in [-0.2, 0) is 6.42 Å². The fourth-order valence-electron chi connectivity index (χ4n) is 8.00. The van der Waals surface area contributed by atoms with Gasteiger partial charge in [-0.2, -0.15) is 0 Å². The zero-order valence-electron chi connectivity index (χ0n) is 23.0. The van der Waals surface area contributed by atoms with Crippen molar-refractivity contribution in [2.75, 3.05) is 22.1 Å². The molecule has 200 valence electrons. The maximum atomic E-state index is 6.21. The van der Waals surface area contributed by atoms with Crippen LogP contribution >= 0.6 is 0 Å². The summed E-state index contributed by atoms with van der Waals surface area (Å²) in [5.41, 5.74) is 18.9. The zero-order chi connectivity index (χ0) is 27.1. The highest BCUT2D eigenvalue weighted by Crippen LogP contribution is 2.53. The largest absolute Gasteiger partial charge is 0.399 e. The molecule has 6 aromatic rings. The van der Waals surface area contributed by atoms with E-state index in [4.69, 9.17) is 5.73 Å². The molecule has 9 rings (SSSR count). The average Bonchev–Trinajstić information content (AvgIpc) is 3.78. The van der Waals surface area contributed by atoms with Gasteiger partial charge in [0.2, 0.25) is 0 Å². The van der Waals surface area contributed by atoms with Gasteiger partial charge < -0.3 is 20.1 Å². The summed E-state index contributed by atoms with van der Waals surface area (Å²) in [4.78, 5) is 5.12. The van der Waals surface area contributed by atoms with Crippen molar-refractivity contribution in [3.63, 3.8) is 0 Å². The fourth-order valence-corrected chi connectivity index (χ4v) is 8.00. The van der Waals surface area contributed by atoms with Gasteiger partial charge in [-0.15, -0.1) is 0 Å². The number of anilines is 5. The Hall–Kier alpha value is -4.70. The van der Waals surface area contributed by atoms with E-state index >= 15 is 0 Å². The van der Waals surface area contributed by atoms with Crippen molar-refractivity contribution in [2.45, 2.75) is 37.6 Å². The van der Waals surface area contributed by atoms with Crippen molar-refractivity contribution >= 4 is 50.2 Å². The van der Waals surface area contributed by atoms with Gasteiger partial charge in [-0.3, -0.25) is 0 Å². The topological polar surface area (TPSA) is 37.4 Å². The lowest BCUT2D eigenvalue weighted by molar-refractivity contribution is 0.642. The predicted molar refractivity (Wildman–Crippen MR) is 171 cm³/mol. The number of hydrogen-bond acceptors (Lipinski definition) is 3. The molecule has 41 heavy (non-hydrogen) atoms. The van der Waals surface area contributed by atoms with E-state index < -0.39 is 0 Å². The predicted octanol–water partition coefficient (Wildman–Crippen LogP) is 8.85. The monoisotopic (exact) mass is 532 g/mol. The van der Waals surface area contributed by atoms with E-state index in [2.05, 4.69) is 124 Å². The Balaban J connectivity index is 1.12. The Morgan fingerprint density at radius 3 is 2.37 bits per heavy atom. The van der Waals surface area contributed by atoms with Gasteiger partial charge in [0, 0.05) is 63.4 Å². The smallest absolute Gasteiger partial charge is 0.0542 e. The third-order valence-electron chi connectivity index (χ3n) is 9.74. The number of nitrogens with two attached hydrogens (primary N) is 1. The molecule has 2 N–H and O–H groups in total. The molecule has 2 atom stereocenters. The van der Waals surface area contributed by atoms with Crippen LogP contribution in [0.4, 0.5) is 28.4 Å². The van der Waals surface area contributed by atoms with Crippen LogP contribution in [0.1, 0.15) is 36.3 Å². The Morgan fingerprint density at radius 2 is 1.44 bits per heavy atom. The molecule has 1 aliphatic carbocycles. The number of hydrogen-bond donors (Lipinski definition) is 1. The first-order valence-electron chi connectivity index (χ1n) is 14.9. The van der Waals surface area contributed by atoms with E-state index in [0.717, 1.165) is 18.7 Å². The summed E-state index contributed by atoms with van der Waals surface area (Å²) in [6, 6.07) is 40.7. The molecule has 1 saturated carbocycles. The summed E-state index contributed by atoms with van der Waals surface area (Å²) in [7, 11) is 0. The van der Waals surface area contributed by atoms with Crippen LogP contribution in [0.2, 0.25) is 0 Å². The van der Waals surface area contributed by atoms with Gasteiger partial charge in [-0.05, 0) is 103 Å². The molecule has 0 bridgehead atoms. The Morgan fingerprint density at radius 1 is 0.634 bits per heavy atom. The normalized spacial score (nSPS) is 19.2. The second-order valence-corrected chi connectivity index (χ2v) is 11.9. The second kappa shape index (κ2) is 8.65. The molecule has 2 aliphatic heterocycles. The van der Waals surface area contributed by atoms with Crippen molar-refractivity contribution in [3.8, 4) is 5.69 Å². The molecule has 3 heterocycles. The Labute approximate surface area is 240 Å². The molecule has 2 unspecified atom stereocenters. The maximum Gasteiger partial charge on any atom is 0.0542 e. The van der Waals surface area contributed by atoms with Gasteiger partial charge in [0.25, 0.3) is 0 Å². The first kappa shape index (κ1) is 23.0. The highest BCUT2D eigenvalue weighted by Gasteiger charge is 2.42. The molecule has 0 radical (unpaired) electrons. The van der Waals surface area contributed by atoms with Gasteiger partial charge in [0.15, 0.2) is 0 Å². The van der Waals surface area contributed by atoms with Crippen LogP contribution in [0.3, 0.4) is 0 Å². The van der Waals surface area contributed by atoms with E-state index in [-0.39, 0.29) is 0 Å². The molecule has 5 aromatic carbocycles. The third-order valence-corrected chi connectivity index (χ3v) is 9.74. The Bertz CT molecular complexity index is 1970. The quantitative estimate of drug-likeness (QED) is 0.231. The minimum Gasteiger partial charge on any atom is -0.399 e. The highest BCUT2D eigenvalue weighted by atomic mass is 15.2. The Kier molecular flexibility index (Phi) is 4.86. The lowest BCUT2D eigenvalue weighted by Crippen LogP contribution is -2.26. The molecule has 3 aliphatic rings. The molecule has 4 nitrogen and oxygen atoms in total. The minimum absolute atomic E-state index is 0.548. The number of aromatic nitrogens is 1. The summed E-state index contributed by atoms with van der Waals surface area (Å²) < 4.78 is 2.39. The van der Waals surface area contributed by atoms with E-state index in [1.165, 1.54) is 80.6 Å². The highest BCUT2D eigenvalue weighted by molar-refractivity contribution is 6.10. The standard InChI is InChI=1S/C37H32N4/c38-25-13-16-36-31(22-25)30-10-6-12-35(30)41(36)28-15-17-33-24(21-28)19-20-39(33)27-14-18-37-32(23-27)29-9-4-5-11-34(29)40(37)26-7-2-1-3-8-26/h1-5,7-9,11,13-18,21-23,30,35H,6,10,12,19-20,38H2. The van der Waals surface area contributed by atoms with Crippen molar-refractivity contribution in [3.05, 3.63) is 120 Å². The number of nitrogen functional groups attached to an aromatic ring is 1. The average molecular weight is 533 g/mol. The van der Waals surface area contributed by atoms with Crippen molar-refractivity contribution in [1.29, 1.82) is 0 Å². The number of para-hydroxylation sites is 2. The number of fused-ring (bicyclic) bond motifs is 7. The van der Waals surface area contributed by atoms with Crippen LogP contribution in [0.5, 0.6) is 0 Å². The lowest BCUT2D eigenvalue weighted by Gasteiger charge is -2.28. The van der Waals surface area contributed by atoms with E-state index in [9.17, 15) is 0 Å². The summed E-state index contributed by atoms with van der Waals surface area (Å²) in [6.07, 6.45) is 4.87. The minimum atomic E-state index is 0.548. The second-order valence-electron chi connectivity index (χ2n) is 11.9. The molecule has 0 amide bonds. The number of benzene rings is 5. The molecular weight excluding hydrogens is 500 g/mol. The summed E-state index contributed by atoms with van der Waals surface area (Å²) in [6.45, 7) is 1.00. The first-order valence-corrected chi connectivity index (χ1v) is 14.9. The molecule has 0 spiro atoms. The summed E-state index contributed by atoms with van der Waals surface area (Å²) >= 11 is 0. The van der Waals surface area contributed by atoms with Crippen molar-refractivity contribution in [2.24, 2.45) is 0 Å². The molecular formula is C37H32N4. The maximum absolute atomic E-state index is 6.21. The van der Waals surface area contributed by atoms with E-state index in [0.29, 0.717) is 12.0 Å². The first-order chi connectivity index (χ1) is 20.2. The van der Waals surface area contributed by atoms with E-state index in [1.54, 1.807) is 0 Å². The molecule has 1 fully saturated rings. The van der Waals surface area contributed by atoms with Crippen molar-refractivity contribution < 1.29 is 0 Å². The molecule has 0 saturated heterocycles. The molecule has 1 aromatic heterocycles. The molecule has 4 heteroatoms. The number of rotatable bonds is 3. The van der Waals surface area contributed by atoms with Crippen molar-refractivity contribution in [1.82, 2.24) is 4.57 Å². The van der Waals surface area contributed by atoms with Gasteiger partial charge in [0.1, 0.15) is 0 Å².